The topological polar surface area (TPSA) is 16.1 Å². The van der Waals surface area contributed by atoms with Gasteiger partial charge in [-0.15, -0.1) is 11.3 Å². The minimum atomic E-state index is 1.08. The van der Waals surface area contributed by atoms with Gasteiger partial charge >= 0.3 is 0 Å². The first kappa shape index (κ1) is 11.9. The highest BCUT2D eigenvalue weighted by Crippen LogP contribution is 2.39. The van der Waals surface area contributed by atoms with Crippen molar-refractivity contribution < 1.29 is 0 Å². The van der Waals surface area contributed by atoms with Gasteiger partial charge in [-0.2, -0.15) is 0 Å². The van der Waals surface area contributed by atoms with Gasteiger partial charge < -0.3 is 4.90 Å². The molecule has 1 aliphatic rings. The van der Waals surface area contributed by atoms with Crippen LogP contribution in [-0.4, -0.2) is 30.5 Å². The van der Waals surface area contributed by atoms with E-state index in [1.165, 1.54) is 33.1 Å². The maximum absolute atomic E-state index is 4.83. The molecule has 0 amide bonds. The quantitative estimate of drug-likeness (QED) is 0.714. The Kier molecular flexibility index (Phi) is 3.18. The molecule has 0 fully saturated rings. The number of fused-ring (bicyclic) bond motifs is 3. The maximum Gasteiger partial charge on any atom is 0.0936 e. The molecule has 1 aliphatic carbocycles. The summed E-state index contributed by atoms with van der Waals surface area (Å²) >= 11 is 1.90. The zero-order chi connectivity index (χ0) is 12.5. The van der Waals surface area contributed by atoms with Crippen molar-refractivity contribution in [3.63, 3.8) is 0 Å². The zero-order valence-corrected chi connectivity index (χ0v) is 11.8. The summed E-state index contributed by atoms with van der Waals surface area (Å²) in [7, 11) is 4.25. The molecule has 2 nitrogen and oxygen atoms in total. The third-order valence-electron chi connectivity index (χ3n) is 3.36. The molecule has 0 saturated heterocycles. The van der Waals surface area contributed by atoms with Crippen molar-refractivity contribution in [3.05, 3.63) is 39.7 Å². The molecule has 94 valence electrons. The zero-order valence-electron chi connectivity index (χ0n) is 10.9. The number of benzene rings is 1. The molecule has 1 aromatic heterocycles. The second-order valence-corrected chi connectivity index (χ2v) is 6.29. The molecular weight excluding hydrogens is 240 g/mol. The number of aromatic nitrogens is 1. The lowest BCUT2D eigenvalue weighted by Crippen LogP contribution is -2.13. The van der Waals surface area contributed by atoms with E-state index in [1.54, 1.807) is 0 Å². The van der Waals surface area contributed by atoms with E-state index < -0.39 is 0 Å². The fraction of sp³-hybridized carbons (Fsp3) is 0.400. The fourth-order valence-corrected chi connectivity index (χ4v) is 3.61. The second kappa shape index (κ2) is 4.82. The van der Waals surface area contributed by atoms with Gasteiger partial charge in [0.15, 0.2) is 0 Å². The van der Waals surface area contributed by atoms with Gasteiger partial charge in [0, 0.05) is 23.3 Å². The van der Waals surface area contributed by atoms with Crippen LogP contribution in [0.15, 0.2) is 24.3 Å². The van der Waals surface area contributed by atoms with Crippen molar-refractivity contribution in [1.29, 1.82) is 0 Å². The van der Waals surface area contributed by atoms with Crippen molar-refractivity contribution in [2.24, 2.45) is 0 Å². The number of nitrogens with zero attached hydrogens (tertiary/aromatic N) is 2. The van der Waals surface area contributed by atoms with Gasteiger partial charge in [-0.25, -0.2) is 4.98 Å². The summed E-state index contributed by atoms with van der Waals surface area (Å²) in [5.41, 5.74) is 4.03. The molecule has 0 N–H and O–H groups in total. The third-order valence-corrected chi connectivity index (χ3v) is 4.48. The minimum Gasteiger partial charge on any atom is -0.309 e. The van der Waals surface area contributed by atoms with Gasteiger partial charge in [0.25, 0.3) is 0 Å². The van der Waals surface area contributed by atoms with Crippen molar-refractivity contribution in [1.82, 2.24) is 9.88 Å². The van der Waals surface area contributed by atoms with E-state index in [0.717, 1.165) is 19.4 Å². The number of aryl methyl sites for hydroxylation is 1. The Balaban J connectivity index is 1.76. The van der Waals surface area contributed by atoms with E-state index >= 15 is 0 Å². The van der Waals surface area contributed by atoms with Crippen LogP contribution < -0.4 is 0 Å². The van der Waals surface area contributed by atoms with Crippen LogP contribution in [0.4, 0.5) is 0 Å². The predicted molar refractivity (Wildman–Crippen MR) is 77.2 cm³/mol. The lowest BCUT2D eigenvalue weighted by Gasteiger charge is -2.07. The van der Waals surface area contributed by atoms with Crippen molar-refractivity contribution in [2.75, 3.05) is 20.6 Å². The molecule has 3 rings (SSSR count). The Morgan fingerprint density at radius 3 is 2.94 bits per heavy atom. The van der Waals surface area contributed by atoms with Crippen LogP contribution in [0, 0.1) is 0 Å². The molecule has 0 bridgehead atoms. The molecule has 0 radical (unpaired) electrons. The highest BCUT2D eigenvalue weighted by atomic mass is 32.1. The molecule has 18 heavy (non-hydrogen) atoms. The molecular formula is C15H18N2S. The largest absolute Gasteiger partial charge is 0.309 e. The van der Waals surface area contributed by atoms with E-state index in [4.69, 9.17) is 4.98 Å². The predicted octanol–water partition coefficient (Wildman–Crippen LogP) is 3.21. The van der Waals surface area contributed by atoms with E-state index in [2.05, 4.69) is 43.3 Å². The molecule has 2 aromatic rings. The molecule has 0 aliphatic heterocycles. The summed E-state index contributed by atoms with van der Waals surface area (Å²) in [5, 5.41) is 1.30. The van der Waals surface area contributed by atoms with Gasteiger partial charge in [-0.3, -0.25) is 0 Å². The Bertz CT molecular complexity index is 557. The lowest BCUT2D eigenvalue weighted by atomic mass is 10.1. The molecule has 1 aromatic carbocycles. The summed E-state index contributed by atoms with van der Waals surface area (Å²) in [6.45, 7) is 1.14. The van der Waals surface area contributed by atoms with Gasteiger partial charge in [0.2, 0.25) is 0 Å². The Morgan fingerprint density at radius 2 is 2.11 bits per heavy atom. The van der Waals surface area contributed by atoms with Crippen LogP contribution in [0.1, 0.15) is 21.9 Å². The molecule has 0 unspecified atom stereocenters. The standard InChI is InChI=1S/C15H18N2S/c1-17(2)9-5-8-14-16-15-12-7-4-3-6-11(12)10-13(15)18-14/h3-4,6-7H,5,8-10H2,1-2H3. The van der Waals surface area contributed by atoms with Crippen molar-refractivity contribution in [3.8, 4) is 11.3 Å². The minimum absolute atomic E-state index is 1.08. The second-order valence-electron chi connectivity index (χ2n) is 5.12. The van der Waals surface area contributed by atoms with E-state index in [9.17, 15) is 0 Å². The van der Waals surface area contributed by atoms with Crippen LogP contribution in [-0.2, 0) is 12.8 Å². The fourth-order valence-electron chi connectivity index (χ4n) is 2.46. The smallest absolute Gasteiger partial charge is 0.0936 e. The van der Waals surface area contributed by atoms with Gasteiger partial charge in [-0.05, 0) is 32.6 Å². The summed E-state index contributed by atoms with van der Waals surface area (Å²) in [6.07, 6.45) is 3.38. The first-order valence-corrected chi connectivity index (χ1v) is 7.27. The van der Waals surface area contributed by atoms with Gasteiger partial charge in [-0.1, -0.05) is 24.3 Å². The highest BCUT2D eigenvalue weighted by molar-refractivity contribution is 7.12. The summed E-state index contributed by atoms with van der Waals surface area (Å²) in [5.74, 6) is 0. The Morgan fingerprint density at radius 1 is 1.28 bits per heavy atom. The number of thiazole rings is 1. The molecule has 3 heteroatoms. The number of rotatable bonds is 4. The van der Waals surface area contributed by atoms with Crippen LogP contribution in [0.2, 0.25) is 0 Å². The monoisotopic (exact) mass is 258 g/mol. The first-order valence-electron chi connectivity index (χ1n) is 6.45. The molecule has 1 heterocycles. The molecule has 0 atom stereocenters. The van der Waals surface area contributed by atoms with Crippen molar-refractivity contribution in [2.45, 2.75) is 19.3 Å². The Labute approximate surface area is 112 Å². The van der Waals surface area contributed by atoms with Crippen molar-refractivity contribution >= 4 is 11.3 Å². The average molecular weight is 258 g/mol. The van der Waals surface area contributed by atoms with Crippen LogP contribution in [0.25, 0.3) is 11.3 Å². The summed E-state index contributed by atoms with van der Waals surface area (Å²) < 4.78 is 0. The number of hydrogen-bond donors (Lipinski definition) is 0. The SMILES string of the molecule is CN(C)CCCc1nc2c(s1)Cc1ccccc1-2. The summed E-state index contributed by atoms with van der Waals surface area (Å²) in [4.78, 5) is 8.52. The van der Waals surface area contributed by atoms with Crippen LogP contribution >= 0.6 is 11.3 Å². The normalized spacial score (nSPS) is 12.8. The third kappa shape index (κ3) is 2.20. The van der Waals surface area contributed by atoms with Crippen LogP contribution in [0.5, 0.6) is 0 Å². The highest BCUT2D eigenvalue weighted by Gasteiger charge is 2.22. The molecule has 0 saturated carbocycles. The number of hydrogen-bond acceptors (Lipinski definition) is 3. The van der Waals surface area contributed by atoms with Gasteiger partial charge in [0.05, 0.1) is 10.7 Å². The summed E-state index contributed by atoms with van der Waals surface area (Å²) in [6, 6.07) is 8.65. The average Bonchev–Trinajstić information content (AvgIpc) is 2.85. The maximum atomic E-state index is 4.83. The lowest BCUT2D eigenvalue weighted by molar-refractivity contribution is 0.400. The molecule has 0 spiro atoms. The van der Waals surface area contributed by atoms with E-state index in [1.807, 2.05) is 11.3 Å². The van der Waals surface area contributed by atoms with Gasteiger partial charge in [0.1, 0.15) is 0 Å². The van der Waals surface area contributed by atoms with E-state index in [0.29, 0.717) is 0 Å². The first-order chi connectivity index (χ1) is 8.74. The van der Waals surface area contributed by atoms with E-state index in [-0.39, 0.29) is 0 Å². The Hall–Kier alpha value is -1.19. The van der Waals surface area contributed by atoms with Crippen LogP contribution in [0.3, 0.4) is 0 Å².